The molecule has 134 valence electrons. The van der Waals surface area contributed by atoms with E-state index in [4.69, 9.17) is 5.73 Å². The molecule has 0 aliphatic rings. The fraction of sp³-hybridized carbons (Fsp3) is 0. The number of hydrogen-bond acceptors (Lipinski definition) is 6. The number of fused-ring (bicyclic) bond motifs is 2. The SMILES string of the molecule is Nc1ccnc(N(c2cnc3ccccc3c2)c2cnc3ccccc3c2)n1. The van der Waals surface area contributed by atoms with Crippen molar-refractivity contribution in [2.24, 2.45) is 0 Å². The van der Waals surface area contributed by atoms with Crippen molar-refractivity contribution in [2.75, 3.05) is 10.6 Å². The van der Waals surface area contributed by atoms with Gasteiger partial charge < -0.3 is 5.73 Å². The van der Waals surface area contributed by atoms with E-state index in [-0.39, 0.29) is 0 Å². The lowest BCUT2D eigenvalue weighted by molar-refractivity contribution is 1.08. The molecule has 0 aliphatic carbocycles. The molecule has 0 aliphatic heterocycles. The van der Waals surface area contributed by atoms with Crippen LogP contribution < -0.4 is 10.6 Å². The number of anilines is 4. The quantitative estimate of drug-likeness (QED) is 0.503. The highest BCUT2D eigenvalue weighted by Crippen LogP contribution is 2.34. The molecule has 0 fully saturated rings. The number of para-hydroxylation sites is 2. The molecule has 0 atom stereocenters. The van der Waals surface area contributed by atoms with Gasteiger partial charge in [0.1, 0.15) is 5.82 Å². The lowest BCUT2D eigenvalue weighted by Crippen LogP contribution is -2.14. The van der Waals surface area contributed by atoms with Crippen LogP contribution in [0.5, 0.6) is 0 Å². The van der Waals surface area contributed by atoms with Crippen LogP contribution in [0.15, 0.2) is 85.3 Å². The Bertz CT molecular complexity index is 1220. The summed E-state index contributed by atoms with van der Waals surface area (Å²) in [6, 6.07) is 21.7. The maximum Gasteiger partial charge on any atom is 0.236 e. The van der Waals surface area contributed by atoms with Crippen LogP contribution in [0.2, 0.25) is 0 Å². The normalized spacial score (nSPS) is 11.0. The van der Waals surface area contributed by atoms with E-state index < -0.39 is 0 Å². The summed E-state index contributed by atoms with van der Waals surface area (Å²) < 4.78 is 0. The summed E-state index contributed by atoms with van der Waals surface area (Å²) in [5.41, 5.74) is 9.45. The van der Waals surface area contributed by atoms with Crippen molar-refractivity contribution < 1.29 is 0 Å². The van der Waals surface area contributed by atoms with Gasteiger partial charge in [-0.2, -0.15) is 4.98 Å². The zero-order valence-corrected chi connectivity index (χ0v) is 14.9. The molecule has 2 N–H and O–H groups in total. The van der Waals surface area contributed by atoms with Crippen LogP contribution >= 0.6 is 0 Å². The standard InChI is InChI=1S/C22H16N6/c23-21-9-10-24-22(27-21)28(17-11-15-5-1-3-7-19(15)25-13-17)18-12-16-6-2-4-8-20(16)26-14-18/h1-14H,(H2,23,24,27). The first-order valence-corrected chi connectivity index (χ1v) is 8.86. The Morgan fingerprint density at radius 2 is 1.25 bits per heavy atom. The van der Waals surface area contributed by atoms with E-state index >= 15 is 0 Å². The molecule has 5 rings (SSSR count). The Labute approximate surface area is 161 Å². The van der Waals surface area contributed by atoms with Gasteiger partial charge in [0.15, 0.2) is 0 Å². The zero-order chi connectivity index (χ0) is 18.9. The summed E-state index contributed by atoms with van der Waals surface area (Å²) in [4.78, 5) is 19.9. The van der Waals surface area contributed by atoms with E-state index in [1.54, 1.807) is 12.3 Å². The fourth-order valence-corrected chi connectivity index (χ4v) is 3.21. The molecule has 0 saturated heterocycles. The molecule has 0 bridgehead atoms. The number of rotatable bonds is 3. The van der Waals surface area contributed by atoms with Crippen LogP contribution in [0.3, 0.4) is 0 Å². The first-order valence-electron chi connectivity index (χ1n) is 8.86. The van der Waals surface area contributed by atoms with Crippen molar-refractivity contribution in [1.82, 2.24) is 19.9 Å². The number of hydrogen-bond donors (Lipinski definition) is 1. The van der Waals surface area contributed by atoms with Crippen molar-refractivity contribution >= 4 is 44.9 Å². The van der Waals surface area contributed by atoms with E-state index in [2.05, 4.69) is 32.1 Å². The molecule has 3 heterocycles. The highest BCUT2D eigenvalue weighted by atomic mass is 15.3. The monoisotopic (exact) mass is 364 g/mol. The molecule has 2 aromatic carbocycles. The molecule has 3 aromatic heterocycles. The van der Waals surface area contributed by atoms with Gasteiger partial charge in [0.25, 0.3) is 0 Å². The van der Waals surface area contributed by atoms with Crippen LogP contribution in [0.4, 0.5) is 23.1 Å². The number of pyridine rings is 2. The minimum atomic E-state index is 0.400. The second-order valence-electron chi connectivity index (χ2n) is 6.39. The van der Waals surface area contributed by atoms with E-state index in [0.717, 1.165) is 33.2 Å². The third-order valence-corrected chi connectivity index (χ3v) is 4.53. The van der Waals surface area contributed by atoms with Gasteiger partial charge in [0, 0.05) is 17.0 Å². The largest absolute Gasteiger partial charge is 0.384 e. The molecule has 0 amide bonds. The Balaban J connectivity index is 1.73. The zero-order valence-electron chi connectivity index (χ0n) is 14.9. The van der Waals surface area contributed by atoms with E-state index in [0.29, 0.717) is 11.8 Å². The first kappa shape index (κ1) is 16.1. The van der Waals surface area contributed by atoms with Crippen molar-refractivity contribution in [3.8, 4) is 0 Å². The minimum Gasteiger partial charge on any atom is -0.384 e. The molecular formula is C22H16N6. The summed E-state index contributed by atoms with van der Waals surface area (Å²) in [5, 5.41) is 2.06. The van der Waals surface area contributed by atoms with E-state index in [9.17, 15) is 0 Å². The van der Waals surface area contributed by atoms with Gasteiger partial charge in [0.2, 0.25) is 5.95 Å². The van der Waals surface area contributed by atoms with Crippen molar-refractivity contribution in [1.29, 1.82) is 0 Å². The number of nitrogens with zero attached hydrogens (tertiary/aromatic N) is 5. The summed E-state index contributed by atoms with van der Waals surface area (Å²) in [5.74, 6) is 0.867. The van der Waals surface area contributed by atoms with Crippen LogP contribution in [0, 0.1) is 0 Å². The molecule has 5 aromatic rings. The van der Waals surface area contributed by atoms with Crippen LogP contribution in [-0.4, -0.2) is 19.9 Å². The van der Waals surface area contributed by atoms with Gasteiger partial charge in [-0.3, -0.25) is 14.9 Å². The fourth-order valence-electron chi connectivity index (χ4n) is 3.21. The molecule has 6 nitrogen and oxygen atoms in total. The maximum atomic E-state index is 5.92. The van der Waals surface area contributed by atoms with Crippen LogP contribution in [-0.2, 0) is 0 Å². The second kappa shape index (κ2) is 6.59. The minimum absolute atomic E-state index is 0.400. The first-order chi connectivity index (χ1) is 13.8. The lowest BCUT2D eigenvalue weighted by atomic mass is 10.2. The average molecular weight is 364 g/mol. The Hall–Kier alpha value is -4.06. The van der Waals surface area contributed by atoms with E-state index in [1.807, 2.05) is 65.8 Å². The topological polar surface area (TPSA) is 80.8 Å². The predicted molar refractivity (Wildman–Crippen MR) is 112 cm³/mol. The molecule has 28 heavy (non-hydrogen) atoms. The van der Waals surface area contributed by atoms with E-state index in [1.165, 1.54) is 0 Å². The lowest BCUT2D eigenvalue weighted by Gasteiger charge is -2.23. The Morgan fingerprint density at radius 1 is 0.679 bits per heavy atom. The van der Waals surface area contributed by atoms with Gasteiger partial charge in [-0.25, -0.2) is 4.98 Å². The van der Waals surface area contributed by atoms with Crippen LogP contribution in [0.1, 0.15) is 0 Å². The molecule has 0 unspecified atom stereocenters. The number of nitrogens with two attached hydrogens (primary N) is 1. The summed E-state index contributed by atoms with van der Waals surface area (Å²) >= 11 is 0. The Kier molecular flexibility index (Phi) is 3.80. The highest BCUT2D eigenvalue weighted by molar-refractivity contribution is 5.88. The van der Waals surface area contributed by atoms with Gasteiger partial charge in [-0.05, 0) is 30.3 Å². The van der Waals surface area contributed by atoms with Crippen molar-refractivity contribution in [3.05, 3.63) is 85.3 Å². The second-order valence-corrected chi connectivity index (χ2v) is 6.39. The smallest absolute Gasteiger partial charge is 0.236 e. The summed E-state index contributed by atoms with van der Waals surface area (Å²) in [6.45, 7) is 0. The number of aromatic nitrogens is 4. The maximum absolute atomic E-state index is 5.92. The highest BCUT2D eigenvalue weighted by Gasteiger charge is 2.17. The molecule has 0 spiro atoms. The third kappa shape index (κ3) is 2.87. The van der Waals surface area contributed by atoms with Gasteiger partial charge >= 0.3 is 0 Å². The van der Waals surface area contributed by atoms with Crippen LogP contribution in [0.25, 0.3) is 21.8 Å². The average Bonchev–Trinajstić information content (AvgIpc) is 2.74. The molecular weight excluding hydrogens is 348 g/mol. The third-order valence-electron chi connectivity index (χ3n) is 4.53. The predicted octanol–water partition coefficient (Wildman–Crippen LogP) is 4.63. The summed E-state index contributed by atoms with van der Waals surface area (Å²) in [6.07, 6.45) is 5.27. The van der Waals surface area contributed by atoms with Gasteiger partial charge in [-0.1, -0.05) is 36.4 Å². The molecule has 6 heteroatoms. The van der Waals surface area contributed by atoms with Crippen molar-refractivity contribution in [3.63, 3.8) is 0 Å². The molecule has 0 saturated carbocycles. The van der Waals surface area contributed by atoms with Gasteiger partial charge in [-0.15, -0.1) is 0 Å². The van der Waals surface area contributed by atoms with Gasteiger partial charge in [0.05, 0.1) is 34.8 Å². The number of benzene rings is 2. The molecule has 0 radical (unpaired) electrons. The Morgan fingerprint density at radius 3 is 1.82 bits per heavy atom. The van der Waals surface area contributed by atoms with Crippen molar-refractivity contribution in [2.45, 2.75) is 0 Å². The number of nitrogen functional groups attached to an aromatic ring is 1. The summed E-state index contributed by atoms with van der Waals surface area (Å²) in [7, 11) is 0.